The highest BCUT2D eigenvalue weighted by Crippen LogP contribution is 2.20. The Balaban J connectivity index is 1.94. The van der Waals surface area contributed by atoms with E-state index in [0.29, 0.717) is 31.0 Å². The minimum Gasteiger partial charge on any atom is -0.352 e. The number of carbonyl (C=O) groups excluding carboxylic acids is 1. The van der Waals surface area contributed by atoms with Crippen LogP contribution in [0.4, 0.5) is 0 Å². The van der Waals surface area contributed by atoms with Gasteiger partial charge in [0.15, 0.2) is 0 Å². The number of amides is 1. The summed E-state index contributed by atoms with van der Waals surface area (Å²) in [5, 5.41) is 2.84. The van der Waals surface area contributed by atoms with Gasteiger partial charge in [0.2, 0.25) is 15.9 Å². The highest BCUT2D eigenvalue weighted by Gasteiger charge is 2.25. The molecule has 1 aromatic rings. The molecule has 0 saturated carbocycles. The van der Waals surface area contributed by atoms with Crippen LogP contribution in [-0.2, 0) is 21.4 Å². The lowest BCUT2D eigenvalue weighted by Crippen LogP contribution is -2.35. The summed E-state index contributed by atoms with van der Waals surface area (Å²) in [6.07, 6.45) is 5.43. The number of thioether (sulfide) groups is 1. The van der Waals surface area contributed by atoms with Crippen molar-refractivity contribution in [2.24, 2.45) is 0 Å². The van der Waals surface area contributed by atoms with Crippen LogP contribution in [0.2, 0.25) is 0 Å². The van der Waals surface area contributed by atoms with Crippen LogP contribution in [0.15, 0.2) is 29.2 Å². The number of sulfonamides is 1. The van der Waals surface area contributed by atoms with Gasteiger partial charge in [-0.15, -0.1) is 0 Å². The Morgan fingerprint density at radius 1 is 1.17 bits per heavy atom. The maximum Gasteiger partial charge on any atom is 0.243 e. The zero-order chi connectivity index (χ0) is 16.7. The molecule has 2 rings (SSSR count). The molecular formula is C16H24N2O3S2. The van der Waals surface area contributed by atoms with Crippen molar-refractivity contribution in [2.75, 3.05) is 25.1 Å². The minimum absolute atomic E-state index is 0.0179. The molecule has 7 heteroatoms. The van der Waals surface area contributed by atoms with Gasteiger partial charge in [-0.25, -0.2) is 8.42 Å². The SMILES string of the molecule is CSCCC(=O)NCc1ccc(S(=O)(=O)N2CCCCC2)cc1. The predicted octanol–water partition coefficient (Wildman–Crippen LogP) is 2.23. The monoisotopic (exact) mass is 356 g/mol. The van der Waals surface area contributed by atoms with Crippen LogP contribution in [0.3, 0.4) is 0 Å². The Morgan fingerprint density at radius 3 is 2.43 bits per heavy atom. The van der Waals surface area contributed by atoms with Crippen molar-refractivity contribution in [2.45, 2.75) is 37.1 Å². The third kappa shape index (κ3) is 5.22. The number of benzene rings is 1. The van der Waals surface area contributed by atoms with Gasteiger partial charge in [0.25, 0.3) is 0 Å². The number of piperidine rings is 1. The molecule has 0 aliphatic carbocycles. The van der Waals surface area contributed by atoms with Gasteiger partial charge in [-0.2, -0.15) is 16.1 Å². The van der Waals surface area contributed by atoms with E-state index in [1.54, 1.807) is 40.3 Å². The first-order valence-corrected chi connectivity index (χ1v) is 10.7. The molecule has 1 amide bonds. The van der Waals surface area contributed by atoms with Gasteiger partial charge in [0.1, 0.15) is 0 Å². The predicted molar refractivity (Wildman–Crippen MR) is 93.9 cm³/mol. The van der Waals surface area contributed by atoms with Crippen molar-refractivity contribution in [3.05, 3.63) is 29.8 Å². The Kier molecular flexibility index (Phi) is 6.92. The van der Waals surface area contributed by atoms with Crippen molar-refractivity contribution >= 4 is 27.7 Å². The van der Waals surface area contributed by atoms with Gasteiger partial charge in [0.05, 0.1) is 4.90 Å². The molecule has 0 unspecified atom stereocenters. The third-order valence-corrected chi connectivity index (χ3v) is 6.42. The minimum atomic E-state index is -3.38. The largest absolute Gasteiger partial charge is 0.352 e. The molecule has 0 atom stereocenters. The standard InChI is InChI=1S/C16H24N2O3S2/c1-22-12-9-16(19)17-13-14-5-7-15(8-6-14)23(20,21)18-10-3-2-4-11-18/h5-8H,2-4,9-13H2,1H3,(H,17,19). The molecular weight excluding hydrogens is 332 g/mol. The third-order valence-electron chi connectivity index (χ3n) is 3.90. The molecule has 0 aromatic heterocycles. The van der Waals surface area contributed by atoms with Crippen molar-refractivity contribution in [1.82, 2.24) is 9.62 Å². The summed E-state index contributed by atoms with van der Waals surface area (Å²) in [6.45, 7) is 1.64. The highest BCUT2D eigenvalue weighted by molar-refractivity contribution is 7.98. The molecule has 1 saturated heterocycles. The molecule has 1 heterocycles. The Bertz CT molecular complexity index is 609. The summed E-state index contributed by atoms with van der Waals surface area (Å²) in [5.41, 5.74) is 0.903. The summed E-state index contributed by atoms with van der Waals surface area (Å²) in [4.78, 5) is 11.9. The van der Waals surface area contributed by atoms with Gasteiger partial charge in [-0.3, -0.25) is 4.79 Å². The first-order valence-electron chi connectivity index (χ1n) is 7.89. The molecule has 0 radical (unpaired) electrons. The molecule has 1 aliphatic rings. The lowest BCUT2D eigenvalue weighted by atomic mass is 10.2. The van der Waals surface area contributed by atoms with E-state index in [4.69, 9.17) is 0 Å². The molecule has 0 bridgehead atoms. The first-order chi connectivity index (χ1) is 11.0. The van der Waals surface area contributed by atoms with Crippen molar-refractivity contribution in [3.8, 4) is 0 Å². The van der Waals surface area contributed by atoms with Crippen molar-refractivity contribution in [3.63, 3.8) is 0 Å². The molecule has 1 aliphatic heterocycles. The summed E-state index contributed by atoms with van der Waals surface area (Å²) >= 11 is 1.64. The average molecular weight is 357 g/mol. The maximum absolute atomic E-state index is 12.5. The molecule has 1 aromatic carbocycles. The van der Waals surface area contributed by atoms with E-state index < -0.39 is 10.0 Å². The average Bonchev–Trinajstić information content (AvgIpc) is 2.59. The Morgan fingerprint density at radius 2 is 1.83 bits per heavy atom. The van der Waals surface area contributed by atoms with E-state index in [0.717, 1.165) is 30.6 Å². The second-order valence-electron chi connectivity index (χ2n) is 5.63. The summed E-state index contributed by atoms with van der Waals surface area (Å²) in [5.74, 6) is 0.822. The smallest absolute Gasteiger partial charge is 0.243 e. The van der Waals surface area contributed by atoms with Crippen LogP contribution >= 0.6 is 11.8 Å². The molecule has 23 heavy (non-hydrogen) atoms. The van der Waals surface area contributed by atoms with E-state index >= 15 is 0 Å². The Hall–Kier alpha value is -1.05. The fourth-order valence-electron chi connectivity index (χ4n) is 2.52. The number of carbonyl (C=O) groups is 1. The van der Waals surface area contributed by atoms with Gasteiger partial charge in [0, 0.05) is 31.8 Å². The molecule has 1 N–H and O–H groups in total. The number of hydrogen-bond donors (Lipinski definition) is 1. The normalized spacial score (nSPS) is 16.2. The van der Waals surface area contributed by atoms with Gasteiger partial charge in [-0.05, 0) is 36.8 Å². The molecule has 0 spiro atoms. The van der Waals surface area contributed by atoms with Gasteiger partial charge < -0.3 is 5.32 Å². The summed E-state index contributed by atoms with van der Waals surface area (Å²) in [6, 6.07) is 6.80. The van der Waals surface area contributed by atoms with Crippen LogP contribution in [-0.4, -0.2) is 43.7 Å². The number of rotatable bonds is 7. The lowest BCUT2D eigenvalue weighted by Gasteiger charge is -2.25. The van der Waals surface area contributed by atoms with Gasteiger partial charge >= 0.3 is 0 Å². The number of nitrogens with one attached hydrogen (secondary N) is 1. The highest BCUT2D eigenvalue weighted by atomic mass is 32.2. The summed E-state index contributed by atoms with van der Waals surface area (Å²) in [7, 11) is -3.38. The van der Waals surface area contributed by atoms with Crippen LogP contribution in [0.5, 0.6) is 0 Å². The quantitative estimate of drug-likeness (QED) is 0.814. The number of nitrogens with zero attached hydrogens (tertiary/aromatic N) is 1. The van der Waals surface area contributed by atoms with E-state index in [9.17, 15) is 13.2 Å². The second-order valence-corrected chi connectivity index (χ2v) is 8.55. The van der Waals surface area contributed by atoms with E-state index in [2.05, 4.69) is 5.32 Å². The van der Waals surface area contributed by atoms with Crippen LogP contribution in [0, 0.1) is 0 Å². The molecule has 1 fully saturated rings. The fraction of sp³-hybridized carbons (Fsp3) is 0.562. The fourth-order valence-corrected chi connectivity index (χ4v) is 4.42. The Labute approximate surface area is 142 Å². The molecule has 128 valence electrons. The van der Waals surface area contributed by atoms with E-state index in [1.165, 1.54) is 0 Å². The van der Waals surface area contributed by atoms with Gasteiger partial charge in [-0.1, -0.05) is 18.6 Å². The van der Waals surface area contributed by atoms with Crippen LogP contribution in [0.25, 0.3) is 0 Å². The zero-order valence-corrected chi connectivity index (χ0v) is 15.1. The van der Waals surface area contributed by atoms with Crippen LogP contribution in [0.1, 0.15) is 31.2 Å². The van der Waals surface area contributed by atoms with Crippen LogP contribution < -0.4 is 5.32 Å². The van der Waals surface area contributed by atoms with Crippen molar-refractivity contribution in [1.29, 1.82) is 0 Å². The summed E-state index contributed by atoms with van der Waals surface area (Å²) < 4.78 is 26.6. The lowest BCUT2D eigenvalue weighted by molar-refractivity contribution is -0.120. The zero-order valence-electron chi connectivity index (χ0n) is 13.5. The van der Waals surface area contributed by atoms with Crippen molar-refractivity contribution < 1.29 is 13.2 Å². The number of hydrogen-bond acceptors (Lipinski definition) is 4. The molecule has 5 nitrogen and oxygen atoms in total. The first kappa shape index (κ1) is 18.3. The topological polar surface area (TPSA) is 66.5 Å². The second kappa shape index (κ2) is 8.70. The van der Waals surface area contributed by atoms with E-state index in [1.807, 2.05) is 6.26 Å². The van der Waals surface area contributed by atoms with E-state index in [-0.39, 0.29) is 5.91 Å². The maximum atomic E-state index is 12.5.